The molecular formula is C17H25N5O. The minimum Gasteiger partial charge on any atom is -0.342 e. The highest BCUT2D eigenvalue weighted by molar-refractivity contribution is 5.80. The monoisotopic (exact) mass is 315 g/mol. The zero-order valence-electron chi connectivity index (χ0n) is 14.2. The number of amides is 1. The molecule has 1 fully saturated rings. The fraction of sp³-hybridized carbons (Fsp3) is 0.588. The van der Waals surface area contributed by atoms with Crippen molar-refractivity contribution >= 4 is 16.9 Å². The summed E-state index contributed by atoms with van der Waals surface area (Å²) in [4.78, 5) is 20.6. The summed E-state index contributed by atoms with van der Waals surface area (Å²) in [6.45, 7) is 5.29. The van der Waals surface area contributed by atoms with Crippen molar-refractivity contribution in [2.24, 2.45) is 0 Å². The molecule has 6 heteroatoms. The molecule has 2 aromatic heterocycles. The lowest BCUT2D eigenvalue weighted by molar-refractivity contribution is -0.129. The van der Waals surface area contributed by atoms with Crippen molar-refractivity contribution in [3.05, 3.63) is 24.0 Å². The molecule has 124 valence electrons. The molecule has 6 nitrogen and oxygen atoms in total. The first-order valence-corrected chi connectivity index (χ1v) is 8.34. The molecule has 0 aliphatic carbocycles. The largest absolute Gasteiger partial charge is 0.342 e. The normalized spacial score (nSPS) is 18.3. The lowest BCUT2D eigenvalue weighted by Crippen LogP contribution is -2.27. The van der Waals surface area contributed by atoms with Crippen LogP contribution in [0, 0.1) is 0 Å². The Balaban J connectivity index is 1.88. The van der Waals surface area contributed by atoms with Gasteiger partial charge in [-0.15, -0.1) is 0 Å². The van der Waals surface area contributed by atoms with Crippen molar-refractivity contribution < 1.29 is 4.79 Å². The highest BCUT2D eigenvalue weighted by Crippen LogP contribution is 2.31. The van der Waals surface area contributed by atoms with Gasteiger partial charge in [0.05, 0.1) is 12.2 Å². The highest BCUT2D eigenvalue weighted by Gasteiger charge is 2.30. The topological polar surface area (TPSA) is 54.3 Å². The van der Waals surface area contributed by atoms with Gasteiger partial charge in [0.2, 0.25) is 5.91 Å². The van der Waals surface area contributed by atoms with Gasteiger partial charge >= 0.3 is 0 Å². The number of nitrogens with zero attached hydrogens (tertiary/aromatic N) is 5. The minimum absolute atomic E-state index is 0.238. The summed E-state index contributed by atoms with van der Waals surface area (Å²) in [5, 5.41) is 5.98. The maximum Gasteiger partial charge on any atom is 0.222 e. The van der Waals surface area contributed by atoms with Crippen molar-refractivity contribution in [2.75, 3.05) is 33.7 Å². The predicted octanol–water partition coefficient (Wildman–Crippen LogP) is 1.72. The van der Waals surface area contributed by atoms with Crippen molar-refractivity contribution in [2.45, 2.75) is 32.2 Å². The molecule has 1 atom stereocenters. The summed E-state index contributed by atoms with van der Waals surface area (Å²) in [6, 6.07) is 4.06. The van der Waals surface area contributed by atoms with Gasteiger partial charge in [0.25, 0.3) is 0 Å². The van der Waals surface area contributed by atoms with Gasteiger partial charge in [-0.3, -0.25) is 4.79 Å². The van der Waals surface area contributed by atoms with Gasteiger partial charge in [0, 0.05) is 43.6 Å². The fourth-order valence-corrected chi connectivity index (χ4v) is 3.22. The van der Waals surface area contributed by atoms with E-state index in [-0.39, 0.29) is 5.91 Å². The van der Waals surface area contributed by atoms with E-state index >= 15 is 0 Å². The Morgan fingerprint density at radius 2 is 2.26 bits per heavy atom. The third-order valence-electron chi connectivity index (χ3n) is 4.52. The van der Waals surface area contributed by atoms with Crippen LogP contribution in [-0.2, 0) is 11.3 Å². The predicted molar refractivity (Wildman–Crippen MR) is 90.3 cm³/mol. The number of likely N-dealkylation sites (tertiary alicyclic amines) is 1. The summed E-state index contributed by atoms with van der Waals surface area (Å²) in [5.74, 6) is 0.555. The molecule has 0 spiro atoms. The third kappa shape index (κ3) is 3.22. The summed E-state index contributed by atoms with van der Waals surface area (Å²) in [5.41, 5.74) is 2.04. The Morgan fingerprint density at radius 3 is 3.00 bits per heavy atom. The van der Waals surface area contributed by atoms with E-state index in [1.165, 1.54) is 0 Å². The first-order valence-electron chi connectivity index (χ1n) is 8.34. The Labute approximate surface area is 137 Å². The lowest BCUT2D eigenvalue weighted by Gasteiger charge is -2.14. The molecule has 2 aromatic rings. The van der Waals surface area contributed by atoms with Crippen LogP contribution in [0.2, 0.25) is 0 Å². The third-order valence-corrected chi connectivity index (χ3v) is 4.52. The van der Waals surface area contributed by atoms with Gasteiger partial charge < -0.3 is 9.80 Å². The Morgan fingerprint density at radius 1 is 1.43 bits per heavy atom. The van der Waals surface area contributed by atoms with Gasteiger partial charge in [-0.1, -0.05) is 6.92 Å². The highest BCUT2D eigenvalue weighted by atomic mass is 16.2. The van der Waals surface area contributed by atoms with E-state index in [2.05, 4.69) is 30.0 Å². The molecule has 0 N–H and O–H groups in total. The van der Waals surface area contributed by atoms with Crippen LogP contribution in [0.3, 0.4) is 0 Å². The average molecular weight is 315 g/mol. The number of hydrogen-bond acceptors (Lipinski definition) is 4. The smallest absolute Gasteiger partial charge is 0.222 e. The maximum absolute atomic E-state index is 11.9. The van der Waals surface area contributed by atoms with Gasteiger partial charge in [0.1, 0.15) is 0 Å². The summed E-state index contributed by atoms with van der Waals surface area (Å²) >= 11 is 0. The molecule has 0 radical (unpaired) electrons. The van der Waals surface area contributed by atoms with E-state index in [0.29, 0.717) is 12.3 Å². The van der Waals surface area contributed by atoms with Crippen LogP contribution >= 0.6 is 0 Å². The second kappa shape index (κ2) is 6.66. The van der Waals surface area contributed by atoms with Crippen LogP contribution in [0.1, 0.15) is 31.4 Å². The van der Waals surface area contributed by atoms with Gasteiger partial charge in [-0.25, -0.2) is 9.67 Å². The molecule has 1 aliphatic heterocycles. The number of carbonyl (C=O) groups is 1. The molecule has 23 heavy (non-hydrogen) atoms. The molecular weight excluding hydrogens is 290 g/mol. The zero-order valence-corrected chi connectivity index (χ0v) is 14.2. The van der Waals surface area contributed by atoms with E-state index in [9.17, 15) is 4.79 Å². The molecule has 1 amide bonds. The van der Waals surface area contributed by atoms with Crippen molar-refractivity contribution in [1.82, 2.24) is 24.6 Å². The molecule has 1 saturated heterocycles. The van der Waals surface area contributed by atoms with E-state index in [0.717, 1.165) is 49.3 Å². The van der Waals surface area contributed by atoms with E-state index in [1.54, 1.807) is 0 Å². The fourth-order valence-electron chi connectivity index (χ4n) is 3.22. The number of fused-ring (bicyclic) bond motifs is 1. The molecule has 0 saturated carbocycles. The molecule has 1 aliphatic rings. The average Bonchev–Trinajstić information content (AvgIpc) is 3.17. The summed E-state index contributed by atoms with van der Waals surface area (Å²) < 4.78 is 2.01. The lowest BCUT2D eigenvalue weighted by atomic mass is 10.0. The zero-order chi connectivity index (χ0) is 16.4. The molecule has 3 heterocycles. The Hall–Kier alpha value is -1.95. The van der Waals surface area contributed by atoms with Gasteiger partial charge in [0.15, 0.2) is 5.65 Å². The first-order chi connectivity index (χ1) is 11.1. The van der Waals surface area contributed by atoms with Crippen LogP contribution < -0.4 is 0 Å². The molecule has 0 bridgehead atoms. The van der Waals surface area contributed by atoms with E-state index in [4.69, 9.17) is 5.10 Å². The standard InChI is InChI=1S/C17H25N5O/c1-4-15(23)21-9-7-13(12-21)16-14-6-5-8-18-17(14)22(19-16)11-10-20(2)3/h5-6,8,13H,4,7,9-12H2,1-3H3. The second-order valence-corrected chi connectivity index (χ2v) is 6.47. The van der Waals surface area contributed by atoms with Crippen molar-refractivity contribution in [3.8, 4) is 0 Å². The number of carbonyl (C=O) groups excluding carboxylic acids is 1. The maximum atomic E-state index is 11.9. The van der Waals surface area contributed by atoms with Gasteiger partial charge in [-0.05, 0) is 32.6 Å². The second-order valence-electron chi connectivity index (χ2n) is 6.47. The van der Waals surface area contributed by atoms with Crippen molar-refractivity contribution in [1.29, 1.82) is 0 Å². The molecule has 1 unspecified atom stereocenters. The van der Waals surface area contributed by atoms with Crippen molar-refractivity contribution in [3.63, 3.8) is 0 Å². The quantitative estimate of drug-likeness (QED) is 0.843. The van der Waals surface area contributed by atoms with Crippen LogP contribution in [0.5, 0.6) is 0 Å². The SMILES string of the molecule is CCC(=O)N1CCC(c2nn(CCN(C)C)c3ncccc23)C1. The molecule has 3 rings (SSSR count). The summed E-state index contributed by atoms with van der Waals surface area (Å²) in [7, 11) is 4.12. The van der Waals surface area contributed by atoms with Crippen LogP contribution in [0.25, 0.3) is 11.0 Å². The van der Waals surface area contributed by atoms with Crippen LogP contribution in [0.4, 0.5) is 0 Å². The number of pyridine rings is 1. The Kier molecular flexibility index (Phi) is 4.61. The first kappa shape index (κ1) is 15.9. The number of rotatable bonds is 5. The van der Waals surface area contributed by atoms with E-state index < -0.39 is 0 Å². The van der Waals surface area contributed by atoms with Crippen LogP contribution in [-0.4, -0.2) is 64.2 Å². The number of aromatic nitrogens is 3. The van der Waals surface area contributed by atoms with E-state index in [1.807, 2.05) is 28.8 Å². The van der Waals surface area contributed by atoms with Crippen LogP contribution in [0.15, 0.2) is 18.3 Å². The summed E-state index contributed by atoms with van der Waals surface area (Å²) in [6.07, 6.45) is 3.38. The number of hydrogen-bond donors (Lipinski definition) is 0. The number of likely N-dealkylation sites (N-methyl/N-ethyl adjacent to an activating group) is 1. The molecule has 0 aromatic carbocycles. The minimum atomic E-state index is 0.238. The van der Waals surface area contributed by atoms with Gasteiger partial charge in [-0.2, -0.15) is 5.10 Å². The Bertz CT molecular complexity index is 693.